The summed E-state index contributed by atoms with van der Waals surface area (Å²) in [4.78, 5) is 11.2. The Bertz CT molecular complexity index is 321. The highest BCUT2D eigenvalue weighted by molar-refractivity contribution is 5.95. The van der Waals surface area contributed by atoms with Crippen LogP contribution in [-0.4, -0.2) is 10.9 Å². The van der Waals surface area contributed by atoms with Crippen molar-refractivity contribution in [3.05, 3.63) is 35.1 Å². The maximum Gasteiger partial charge on any atom is 0.162 e. The molecule has 13 heavy (non-hydrogen) atoms. The second-order valence-corrected chi connectivity index (χ2v) is 2.74. The van der Waals surface area contributed by atoms with Crippen molar-refractivity contribution in [2.45, 2.75) is 20.0 Å². The number of aliphatic hydroxyl groups excluding tert-OH is 1. The summed E-state index contributed by atoms with van der Waals surface area (Å²) in [5.41, 5.74) is 0.618. The van der Waals surface area contributed by atoms with Crippen LogP contribution in [0.2, 0.25) is 0 Å². The zero-order chi connectivity index (χ0) is 9.84. The molecule has 0 unspecified atom stereocenters. The lowest BCUT2D eigenvalue weighted by Crippen LogP contribution is -1.99. The summed E-state index contributed by atoms with van der Waals surface area (Å²) >= 11 is 0. The van der Waals surface area contributed by atoms with Gasteiger partial charge in [0.25, 0.3) is 0 Å². The topological polar surface area (TPSA) is 37.3 Å². The fourth-order valence-electron chi connectivity index (χ4n) is 1.07. The number of carbonyl (C=O) groups excluding carboxylic acids is 1. The van der Waals surface area contributed by atoms with E-state index in [1.165, 1.54) is 18.2 Å². The highest BCUT2D eigenvalue weighted by Gasteiger charge is 2.06. The van der Waals surface area contributed by atoms with Crippen molar-refractivity contribution < 1.29 is 14.3 Å². The van der Waals surface area contributed by atoms with Crippen LogP contribution in [0, 0.1) is 5.82 Å². The van der Waals surface area contributed by atoms with Gasteiger partial charge in [-0.1, -0.05) is 6.92 Å². The number of rotatable bonds is 3. The van der Waals surface area contributed by atoms with Gasteiger partial charge in [0.15, 0.2) is 5.78 Å². The molecule has 0 spiro atoms. The molecule has 1 N–H and O–H groups in total. The van der Waals surface area contributed by atoms with E-state index < -0.39 is 5.82 Å². The number of carbonyl (C=O) groups is 1. The normalized spacial score (nSPS) is 10.1. The Morgan fingerprint density at radius 1 is 1.54 bits per heavy atom. The molecule has 0 atom stereocenters. The van der Waals surface area contributed by atoms with Crippen LogP contribution in [0.25, 0.3) is 0 Å². The first-order valence-electron chi connectivity index (χ1n) is 4.11. The average molecular weight is 182 g/mol. The first-order chi connectivity index (χ1) is 6.19. The van der Waals surface area contributed by atoms with Crippen LogP contribution in [0.5, 0.6) is 0 Å². The highest BCUT2D eigenvalue weighted by Crippen LogP contribution is 2.11. The molecule has 0 saturated heterocycles. The van der Waals surface area contributed by atoms with Crippen LogP contribution in [-0.2, 0) is 6.61 Å². The maximum absolute atomic E-state index is 12.9. The molecule has 0 fully saturated rings. The van der Waals surface area contributed by atoms with Gasteiger partial charge in [-0.2, -0.15) is 0 Å². The van der Waals surface area contributed by atoms with E-state index in [1.54, 1.807) is 6.92 Å². The molecule has 0 heterocycles. The van der Waals surface area contributed by atoms with Crippen LogP contribution < -0.4 is 0 Å². The first-order valence-corrected chi connectivity index (χ1v) is 4.11. The Morgan fingerprint density at radius 3 is 2.77 bits per heavy atom. The van der Waals surface area contributed by atoms with Gasteiger partial charge in [0.2, 0.25) is 0 Å². The van der Waals surface area contributed by atoms with Crippen LogP contribution in [0.1, 0.15) is 29.3 Å². The first kappa shape index (κ1) is 9.86. The minimum atomic E-state index is -0.477. The second-order valence-electron chi connectivity index (χ2n) is 2.74. The monoisotopic (exact) mass is 182 g/mol. The molecular weight excluding hydrogens is 171 g/mol. The van der Waals surface area contributed by atoms with Crippen LogP contribution in [0.15, 0.2) is 18.2 Å². The van der Waals surface area contributed by atoms with Gasteiger partial charge in [-0.3, -0.25) is 4.79 Å². The fraction of sp³-hybridized carbons (Fsp3) is 0.300. The predicted octanol–water partition coefficient (Wildman–Crippen LogP) is 1.91. The third kappa shape index (κ3) is 2.12. The summed E-state index contributed by atoms with van der Waals surface area (Å²) in [7, 11) is 0. The lowest BCUT2D eigenvalue weighted by Gasteiger charge is -2.02. The van der Waals surface area contributed by atoms with Gasteiger partial charge in [0.05, 0.1) is 6.61 Å². The minimum Gasteiger partial charge on any atom is -0.392 e. The van der Waals surface area contributed by atoms with E-state index in [-0.39, 0.29) is 18.0 Å². The van der Waals surface area contributed by atoms with E-state index in [0.717, 1.165) is 0 Å². The van der Waals surface area contributed by atoms with E-state index >= 15 is 0 Å². The number of aliphatic hydroxyl groups is 1. The van der Waals surface area contributed by atoms with E-state index in [4.69, 9.17) is 5.11 Å². The summed E-state index contributed by atoms with van der Waals surface area (Å²) in [5, 5.41) is 8.75. The molecule has 0 bridgehead atoms. The van der Waals surface area contributed by atoms with E-state index in [9.17, 15) is 9.18 Å². The highest BCUT2D eigenvalue weighted by atomic mass is 19.1. The molecule has 1 rings (SSSR count). The fourth-order valence-corrected chi connectivity index (χ4v) is 1.07. The smallest absolute Gasteiger partial charge is 0.162 e. The zero-order valence-corrected chi connectivity index (χ0v) is 7.38. The number of hydrogen-bond acceptors (Lipinski definition) is 2. The molecule has 0 aliphatic rings. The number of Topliss-reactive ketones (excluding diaryl/α,β-unsaturated/α-hetero) is 1. The largest absolute Gasteiger partial charge is 0.392 e. The molecule has 0 aliphatic carbocycles. The Balaban J connectivity index is 3.06. The molecular formula is C10H11FO2. The number of halogens is 1. The van der Waals surface area contributed by atoms with Crippen molar-refractivity contribution >= 4 is 5.78 Å². The third-order valence-electron chi connectivity index (χ3n) is 1.86. The van der Waals surface area contributed by atoms with Crippen LogP contribution in [0.3, 0.4) is 0 Å². The van der Waals surface area contributed by atoms with Gasteiger partial charge in [0, 0.05) is 17.5 Å². The van der Waals surface area contributed by atoms with Crippen molar-refractivity contribution in [3.8, 4) is 0 Å². The Labute approximate surface area is 76.0 Å². The molecule has 1 aromatic carbocycles. The Kier molecular flexibility index (Phi) is 3.14. The minimum absolute atomic E-state index is 0.0466. The van der Waals surface area contributed by atoms with Gasteiger partial charge < -0.3 is 5.11 Å². The summed E-state index contributed by atoms with van der Waals surface area (Å²) in [6, 6.07) is 4.02. The second kappa shape index (κ2) is 4.14. The number of ketones is 1. The molecule has 0 saturated carbocycles. The Morgan fingerprint density at radius 2 is 2.23 bits per heavy atom. The molecule has 0 amide bonds. The van der Waals surface area contributed by atoms with Gasteiger partial charge >= 0.3 is 0 Å². The van der Waals surface area contributed by atoms with Gasteiger partial charge in [-0.25, -0.2) is 4.39 Å². The van der Waals surface area contributed by atoms with Crippen molar-refractivity contribution in [1.82, 2.24) is 0 Å². The van der Waals surface area contributed by atoms with E-state index in [2.05, 4.69) is 0 Å². The van der Waals surface area contributed by atoms with Crippen molar-refractivity contribution in [3.63, 3.8) is 0 Å². The molecule has 0 aromatic heterocycles. The van der Waals surface area contributed by atoms with Gasteiger partial charge in [-0.05, 0) is 18.2 Å². The van der Waals surface area contributed by atoms with Crippen molar-refractivity contribution in [1.29, 1.82) is 0 Å². The molecule has 3 heteroatoms. The molecule has 70 valence electrons. The average Bonchev–Trinajstić information content (AvgIpc) is 2.17. The lowest BCUT2D eigenvalue weighted by molar-refractivity contribution is 0.0988. The summed E-state index contributed by atoms with van der Waals surface area (Å²) in [6.45, 7) is 1.36. The van der Waals surface area contributed by atoms with Gasteiger partial charge in [0.1, 0.15) is 5.82 Å². The summed E-state index contributed by atoms with van der Waals surface area (Å²) < 4.78 is 12.9. The standard InChI is InChI=1S/C10H11FO2/c1-2-10(13)7-3-4-9(11)8(5-7)6-12/h3-5,12H,2,6H2,1H3. The molecule has 2 nitrogen and oxygen atoms in total. The number of benzene rings is 1. The lowest BCUT2D eigenvalue weighted by atomic mass is 10.1. The SMILES string of the molecule is CCC(=O)c1ccc(F)c(CO)c1. The quantitative estimate of drug-likeness (QED) is 0.725. The van der Waals surface area contributed by atoms with Crippen molar-refractivity contribution in [2.24, 2.45) is 0 Å². The zero-order valence-electron chi connectivity index (χ0n) is 7.38. The van der Waals surface area contributed by atoms with Crippen LogP contribution in [0.4, 0.5) is 4.39 Å². The van der Waals surface area contributed by atoms with Crippen LogP contribution >= 0.6 is 0 Å². The van der Waals surface area contributed by atoms with Crippen molar-refractivity contribution in [2.75, 3.05) is 0 Å². The summed E-state index contributed by atoms with van der Waals surface area (Å²) in [6.07, 6.45) is 0.385. The Hall–Kier alpha value is -1.22. The predicted molar refractivity (Wildman–Crippen MR) is 46.9 cm³/mol. The number of hydrogen-bond donors (Lipinski definition) is 1. The molecule has 1 aromatic rings. The van der Waals surface area contributed by atoms with E-state index in [1.807, 2.05) is 0 Å². The van der Waals surface area contributed by atoms with E-state index in [0.29, 0.717) is 12.0 Å². The summed E-state index contributed by atoms with van der Waals surface area (Å²) in [5.74, 6) is -0.523. The third-order valence-corrected chi connectivity index (χ3v) is 1.86. The maximum atomic E-state index is 12.9. The molecule has 0 radical (unpaired) electrons. The van der Waals surface area contributed by atoms with Gasteiger partial charge in [-0.15, -0.1) is 0 Å². The molecule has 0 aliphatic heterocycles.